The van der Waals surface area contributed by atoms with Crippen LogP contribution in [0.5, 0.6) is 0 Å². The van der Waals surface area contributed by atoms with Crippen LogP contribution < -0.4 is 0 Å². The topological polar surface area (TPSA) is 63.3 Å². The van der Waals surface area contributed by atoms with Gasteiger partial charge in [-0.25, -0.2) is 9.78 Å². The van der Waals surface area contributed by atoms with Gasteiger partial charge in [0.15, 0.2) is 11.5 Å². The molecule has 0 saturated heterocycles. The summed E-state index contributed by atoms with van der Waals surface area (Å²) in [5.41, 5.74) is 0.649. The molecule has 0 aliphatic rings. The number of carbonyl (C=O) groups is 1. The van der Waals surface area contributed by atoms with Crippen LogP contribution in [0.4, 0.5) is 0 Å². The van der Waals surface area contributed by atoms with Crippen LogP contribution in [-0.2, 0) is 0 Å². The van der Waals surface area contributed by atoms with Gasteiger partial charge in [0, 0.05) is 10.0 Å². The van der Waals surface area contributed by atoms with Crippen LogP contribution in [0.3, 0.4) is 0 Å². The van der Waals surface area contributed by atoms with Gasteiger partial charge in [0.05, 0.1) is 8.66 Å². The second-order valence-electron chi connectivity index (χ2n) is 4.10. The Morgan fingerprint density at radius 2 is 1.95 bits per heavy atom. The predicted octanol–water partition coefficient (Wildman–Crippen LogP) is 5.29. The molecule has 0 aliphatic carbocycles. The van der Waals surface area contributed by atoms with Gasteiger partial charge in [0.2, 0.25) is 5.89 Å². The maximum atomic E-state index is 11.4. The number of oxazole rings is 1. The highest BCUT2D eigenvalue weighted by molar-refractivity contribution is 9.13. The lowest BCUT2D eigenvalue weighted by Gasteiger charge is -1.93. The van der Waals surface area contributed by atoms with Gasteiger partial charge in [0.1, 0.15) is 0 Å². The Bertz CT molecular complexity index is 791. The summed E-state index contributed by atoms with van der Waals surface area (Å²) in [4.78, 5) is 16.2. The van der Waals surface area contributed by atoms with E-state index in [1.807, 2.05) is 30.3 Å². The minimum atomic E-state index is -1.11. The van der Waals surface area contributed by atoms with Crippen LogP contribution in [-0.4, -0.2) is 16.1 Å². The molecule has 0 radical (unpaired) electrons. The molecule has 0 bridgehead atoms. The SMILES string of the molecule is O=C(O)c1nc(-c2ccccc2)oc1-c1cc(Br)c(Br)s1. The summed E-state index contributed by atoms with van der Waals surface area (Å²) in [6.45, 7) is 0. The van der Waals surface area contributed by atoms with Crippen molar-refractivity contribution in [3.8, 4) is 22.1 Å². The third-order valence-corrected chi connectivity index (χ3v) is 5.97. The first-order valence-corrected chi connectivity index (χ1v) is 8.21. The van der Waals surface area contributed by atoms with Gasteiger partial charge < -0.3 is 9.52 Å². The van der Waals surface area contributed by atoms with Crippen molar-refractivity contribution in [3.05, 3.63) is 50.4 Å². The summed E-state index contributed by atoms with van der Waals surface area (Å²) in [7, 11) is 0. The van der Waals surface area contributed by atoms with Gasteiger partial charge in [-0.3, -0.25) is 0 Å². The fraction of sp³-hybridized carbons (Fsp3) is 0. The Labute approximate surface area is 140 Å². The van der Waals surface area contributed by atoms with Crippen molar-refractivity contribution in [3.63, 3.8) is 0 Å². The summed E-state index contributed by atoms with van der Waals surface area (Å²) < 4.78 is 7.40. The minimum absolute atomic E-state index is 0.0879. The molecule has 3 rings (SSSR count). The van der Waals surface area contributed by atoms with Crippen molar-refractivity contribution in [1.29, 1.82) is 0 Å². The average Bonchev–Trinajstić information content (AvgIpc) is 3.05. The van der Waals surface area contributed by atoms with E-state index in [1.54, 1.807) is 6.07 Å². The summed E-state index contributed by atoms with van der Waals surface area (Å²) in [6.07, 6.45) is 0. The van der Waals surface area contributed by atoms with E-state index >= 15 is 0 Å². The highest BCUT2D eigenvalue weighted by Gasteiger charge is 2.23. The van der Waals surface area contributed by atoms with Crippen LogP contribution in [0.1, 0.15) is 10.5 Å². The maximum absolute atomic E-state index is 11.4. The Balaban J connectivity index is 2.16. The molecule has 3 aromatic rings. The largest absolute Gasteiger partial charge is 0.476 e. The molecule has 0 saturated carbocycles. The molecule has 0 spiro atoms. The lowest BCUT2D eigenvalue weighted by Crippen LogP contribution is -1.98. The Morgan fingerprint density at radius 1 is 1.24 bits per heavy atom. The fourth-order valence-electron chi connectivity index (χ4n) is 1.79. The van der Waals surface area contributed by atoms with E-state index in [0.717, 1.165) is 13.8 Å². The Hall–Kier alpha value is -1.44. The summed E-state index contributed by atoms with van der Waals surface area (Å²) in [5.74, 6) is -0.557. The van der Waals surface area contributed by atoms with E-state index in [2.05, 4.69) is 36.8 Å². The number of carboxylic acid groups (broad SMARTS) is 1. The van der Waals surface area contributed by atoms with E-state index < -0.39 is 5.97 Å². The third kappa shape index (κ3) is 2.81. The Kier molecular flexibility index (Phi) is 3.97. The van der Waals surface area contributed by atoms with E-state index in [-0.39, 0.29) is 11.5 Å². The maximum Gasteiger partial charge on any atom is 0.358 e. The van der Waals surface area contributed by atoms with Gasteiger partial charge in [-0.1, -0.05) is 18.2 Å². The smallest absolute Gasteiger partial charge is 0.358 e. The minimum Gasteiger partial charge on any atom is -0.476 e. The first-order valence-electron chi connectivity index (χ1n) is 5.81. The van der Waals surface area contributed by atoms with Crippen molar-refractivity contribution in [2.24, 2.45) is 0 Å². The van der Waals surface area contributed by atoms with Crippen LogP contribution in [0, 0.1) is 0 Å². The molecule has 106 valence electrons. The van der Waals surface area contributed by atoms with Crippen molar-refractivity contribution in [1.82, 2.24) is 4.98 Å². The second-order valence-corrected chi connectivity index (χ2v) is 7.32. The lowest BCUT2D eigenvalue weighted by atomic mass is 10.2. The van der Waals surface area contributed by atoms with Gasteiger partial charge in [-0.15, -0.1) is 11.3 Å². The summed E-state index contributed by atoms with van der Waals surface area (Å²) in [6, 6.07) is 11.0. The van der Waals surface area contributed by atoms with Crippen molar-refractivity contribution in [2.45, 2.75) is 0 Å². The number of halogens is 2. The molecular formula is C14H7Br2NO3S. The number of thiophene rings is 1. The average molecular weight is 429 g/mol. The molecule has 1 aromatic carbocycles. The number of carboxylic acids is 1. The number of hydrogen-bond acceptors (Lipinski definition) is 4. The van der Waals surface area contributed by atoms with Crippen LogP contribution in [0.25, 0.3) is 22.1 Å². The van der Waals surface area contributed by atoms with Gasteiger partial charge in [-0.05, 0) is 50.1 Å². The van der Waals surface area contributed by atoms with Crippen LogP contribution in [0.2, 0.25) is 0 Å². The molecule has 0 amide bonds. The summed E-state index contributed by atoms with van der Waals surface area (Å²) >= 11 is 8.15. The molecule has 2 aromatic heterocycles. The molecule has 4 nitrogen and oxygen atoms in total. The number of aromatic nitrogens is 1. The number of hydrogen-bond donors (Lipinski definition) is 1. The van der Waals surface area contributed by atoms with Crippen molar-refractivity contribution >= 4 is 49.2 Å². The highest BCUT2D eigenvalue weighted by atomic mass is 79.9. The Morgan fingerprint density at radius 3 is 2.52 bits per heavy atom. The monoisotopic (exact) mass is 427 g/mol. The molecule has 2 heterocycles. The highest BCUT2D eigenvalue weighted by Crippen LogP contribution is 2.40. The fourth-order valence-corrected chi connectivity index (χ4v) is 3.81. The molecule has 0 unspecified atom stereocenters. The first-order chi connectivity index (χ1) is 10.1. The molecule has 21 heavy (non-hydrogen) atoms. The zero-order valence-electron chi connectivity index (χ0n) is 10.3. The molecule has 0 aliphatic heterocycles. The van der Waals surface area contributed by atoms with E-state index in [9.17, 15) is 9.90 Å². The normalized spacial score (nSPS) is 10.8. The van der Waals surface area contributed by atoms with Crippen molar-refractivity contribution < 1.29 is 14.3 Å². The molecular weight excluding hydrogens is 422 g/mol. The van der Waals surface area contributed by atoms with E-state index in [4.69, 9.17) is 4.42 Å². The second kappa shape index (κ2) is 5.75. The van der Waals surface area contributed by atoms with Crippen LogP contribution >= 0.6 is 43.2 Å². The number of rotatable bonds is 3. The number of benzene rings is 1. The first kappa shape index (κ1) is 14.5. The number of nitrogens with zero attached hydrogens (tertiary/aromatic N) is 1. The van der Waals surface area contributed by atoms with E-state index in [0.29, 0.717) is 10.8 Å². The summed E-state index contributed by atoms with van der Waals surface area (Å²) in [5, 5.41) is 9.32. The van der Waals surface area contributed by atoms with Gasteiger partial charge >= 0.3 is 5.97 Å². The quantitative estimate of drug-likeness (QED) is 0.615. The van der Waals surface area contributed by atoms with Gasteiger partial charge in [-0.2, -0.15) is 0 Å². The third-order valence-electron chi connectivity index (χ3n) is 2.72. The standard InChI is InChI=1S/C14H7Br2NO3S/c15-8-6-9(21-12(8)16)11-10(14(18)19)17-13(20-11)7-4-2-1-3-5-7/h1-6H,(H,18,19). The van der Waals surface area contributed by atoms with Gasteiger partial charge in [0.25, 0.3) is 0 Å². The van der Waals surface area contributed by atoms with Crippen molar-refractivity contribution in [2.75, 3.05) is 0 Å². The zero-order valence-corrected chi connectivity index (χ0v) is 14.3. The lowest BCUT2D eigenvalue weighted by molar-refractivity contribution is 0.0691. The molecule has 0 fully saturated rings. The predicted molar refractivity (Wildman–Crippen MR) is 87.6 cm³/mol. The number of aromatic carboxylic acids is 1. The molecule has 1 N–H and O–H groups in total. The van der Waals surface area contributed by atoms with Crippen LogP contribution in [0.15, 0.2) is 49.1 Å². The molecule has 7 heteroatoms. The molecule has 0 atom stereocenters. The zero-order chi connectivity index (χ0) is 15.0. The van der Waals surface area contributed by atoms with E-state index in [1.165, 1.54) is 11.3 Å².